The normalized spacial score (nSPS) is 21.4. The topological polar surface area (TPSA) is 40.5 Å². The Kier molecular flexibility index (Phi) is 4.31. The highest BCUT2D eigenvalue weighted by atomic mass is 79.9. The smallest absolute Gasteiger partial charge is 0.176 e. The Bertz CT molecular complexity index is 391. The van der Waals surface area contributed by atoms with E-state index in [1.54, 1.807) is 0 Å². The van der Waals surface area contributed by atoms with Gasteiger partial charge in [-0.2, -0.15) is 0 Å². The molecule has 1 fully saturated rings. The molecule has 1 atom stereocenters. The second kappa shape index (κ2) is 5.76. The summed E-state index contributed by atoms with van der Waals surface area (Å²) in [7, 11) is 0. The molecule has 1 aromatic rings. The van der Waals surface area contributed by atoms with E-state index < -0.39 is 0 Å². The van der Waals surface area contributed by atoms with Crippen molar-refractivity contribution in [3.63, 3.8) is 0 Å². The van der Waals surface area contributed by atoms with Gasteiger partial charge in [-0.1, -0.05) is 28.1 Å². The molecule has 1 heterocycles. The van der Waals surface area contributed by atoms with Crippen LogP contribution in [0.1, 0.15) is 23.2 Å². The molecule has 92 valence electrons. The van der Waals surface area contributed by atoms with Crippen molar-refractivity contribution in [2.24, 2.45) is 0 Å². The van der Waals surface area contributed by atoms with Crippen molar-refractivity contribution in [2.45, 2.75) is 18.9 Å². The fraction of sp³-hybridized carbons (Fsp3) is 0.462. The molecule has 0 saturated carbocycles. The molecular formula is C13H16BrNO2. The highest BCUT2D eigenvalue weighted by molar-refractivity contribution is 9.10. The highest BCUT2D eigenvalue weighted by Crippen LogP contribution is 2.13. The van der Waals surface area contributed by atoms with Crippen LogP contribution in [0.4, 0.5) is 0 Å². The van der Waals surface area contributed by atoms with Crippen LogP contribution in [-0.4, -0.2) is 41.5 Å². The first-order valence-electron chi connectivity index (χ1n) is 5.84. The van der Waals surface area contributed by atoms with E-state index in [1.807, 2.05) is 29.2 Å². The zero-order valence-electron chi connectivity index (χ0n) is 9.60. The Balaban J connectivity index is 1.94. The summed E-state index contributed by atoms with van der Waals surface area (Å²) in [5, 5.41) is 9.54. The van der Waals surface area contributed by atoms with Gasteiger partial charge in [-0.25, -0.2) is 0 Å². The van der Waals surface area contributed by atoms with E-state index in [4.69, 9.17) is 0 Å². The number of piperidine rings is 1. The molecule has 1 aliphatic rings. The Morgan fingerprint density at radius 1 is 1.41 bits per heavy atom. The third-order valence-corrected chi connectivity index (χ3v) is 3.54. The van der Waals surface area contributed by atoms with Crippen LogP contribution >= 0.6 is 15.9 Å². The summed E-state index contributed by atoms with van der Waals surface area (Å²) in [4.78, 5) is 14.0. The Morgan fingerprint density at radius 3 is 2.76 bits per heavy atom. The van der Waals surface area contributed by atoms with Gasteiger partial charge in [0, 0.05) is 16.6 Å². The zero-order chi connectivity index (χ0) is 12.3. The minimum Gasteiger partial charge on any atom is -0.392 e. The molecule has 0 bridgehead atoms. The Morgan fingerprint density at radius 2 is 2.12 bits per heavy atom. The fourth-order valence-electron chi connectivity index (χ4n) is 2.10. The van der Waals surface area contributed by atoms with Crippen molar-refractivity contribution < 1.29 is 9.90 Å². The number of carbonyl (C=O) groups excluding carboxylic acids is 1. The lowest BCUT2D eigenvalue weighted by Crippen LogP contribution is -2.41. The van der Waals surface area contributed by atoms with Crippen LogP contribution in [0.15, 0.2) is 28.7 Å². The third-order valence-electron chi connectivity index (χ3n) is 3.01. The largest absolute Gasteiger partial charge is 0.392 e. The van der Waals surface area contributed by atoms with Gasteiger partial charge < -0.3 is 5.11 Å². The molecule has 1 aliphatic heterocycles. The van der Waals surface area contributed by atoms with Crippen LogP contribution in [0, 0.1) is 0 Å². The number of hydrogen-bond donors (Lipinski definition) is 1. The lowest BCUT2D eigenvalue weighted by Gasteiger charge is -2.29. The van der Waals surface area contributed by atoms with Crippen LogP contribution in [0.5, 0.6) is 0 Å². The van der Waals surface area contributed by atoms with Crippen molar-refractivity contribution >= 4 is 21.7 Å². The summed E-state index contributed by atoms with van der Waals surface area (Å²) in [6, 6.07) is 7.40. The molecule has 2 rings (SSSR count). The predicted molar refractivity (Wildman–Crippen MR) is 70.2 cm³/mol. The van der Waals surface area contributed by atoms with Crippen molar-refractivity contribution in [1.29, 1.82) is 0 Å². The molecule has 3 nitrogen and oxygen atoms in total. The van der Waals surface area contributed by atoms with Crippen molar-refractivity contribution in [2.75, 3.05) is 19.6 Å². The van der Waals surface area contributed by atoms with E-state index in [1.165, 1.54) is 0 Å². The maximum absolute atomic E-state index is 12.0. The van der Waals surface area contributed by atoms with Gasteiger partial charge in [-0.05, 0) is 31.5 Å². The number of benzene rings is 1. The van der Waals surface area contributed by atoms with E-state index in [2.05, 4.69) is 15.9 Å². The van der Waals surface area contributed by atoms with Crippen LogP contribution in [0.2, 0.25) is 0 Å². The van der Waals surface area contributed by atoms with Crippen LogP contribution in [0.3, 0.4) is 0 Å². The quantitative estimate of drug-likeness (QED) is 0.869. The number of halogens is 1. The van der Waals surface area contributed by atoms with Gasteiger partial charge in [0.25, 0.3) is 0 Å². The van der Waals surface area contributed by atoms with Gasteiger partial charge in [0.2, 0.25) is 0 Å². The first-order chi connectivity index (χ1) is 8.15. The molecule has 0 radical (unpaired) electrons. The second-order valence-electron chi connectivity index (χ2n) is 4.46. The number of β-amino-alcohol motifs (C(OH)–C–C–N with tert-alkyl or cyclic N) is 1. The standard InChI is InChI=1S/C13H16BrNO2/c14-11-5-3-10(4-6-11)13(17)9-15-7-1-2-12(16)8-15/h3-6,12,16H,1-2,7-9H2/t12-/m0/s1. The molecule has 1 N–H and O–H groups in total. The summed E-state index contributed by atoms with van der Waals surface area (Å²) < 4.78 is 0.974. The monoisotopic (exact) mass is 297 g/mol. The maximum atomic E-state index is 12.0. The van der Waals surface area contributed by atoms with E-state index in [9.17, 15) is 9.90 Å². The number of Topliss-reactive ketones (excluding diaryl/α,β-unsaturated/α-hetero) is 1. The molecule has 0 amide bonds. The average Bonchev–Trinajstić information content (AvgIpc) is 2.29. The van der Waals surface area contributed by atoms with Gasteiger partial charge in [0.1, 0.15) is 0 Å². The molecule has 1 saturated heterocycles. The first kappa shape index (κ1) is 12.7. The molecule has 17 heavy (non-hydrogen) atoms. The molecule has 0 aromatic heterocycles. The lowest BCUT2D eigenvalue weighted by atomic mass is 10.1. The van der Waals surface area contributed by atoms with Crippen LogP contribution in [0.25, 0.3) is 0 Å². The number of likely N-dealkylation sites (tertiary alicyclic amines) is 1. The predicted octanol–water partition coefficient (Wildman–Crippen LogP) is 2.09. The second-order valence-corrected chi connectivity index (χ2v) is 5.38. The minimum atomic E-state index is -0.276. The van der Waals surface area contributed by atoms with E-state index in [-0.39, 0.29) is 11.9 Å². The molecule has 0 spiro atoms. The Hall–Kier alpha value is -0.710. The molecule has 4 heteroatoms. The number of aliphatic hydroxyl groups excluding tert-OH is 1. The summed E-state index contributed by atoms with van der Waals surface area (Å²) in [5.74, 6) is 0.117. The SMILES string of the molecule is O=C(CN1CCC[C@H](O)C1)c1ccc(Br)cc1. The number of carbonyl (C=O) groups is 1. The van der Waals surface area contributed by atoms with Gasteiger partial charge >= 0.3 is 0 Å². The summed E-state index contributed by atoms with van der Waals surface area (Å²) >= 11 is 3.35. The van der Waals surface area contributed by atoms with Gasteiger partial charge in [-0.3, -0.25) is 9.69 Å². The Labute approximate surface area is 110 Å². The zero-order valence-corrected chi connectivity index (χ0v) is 11.2. The lowest BCUT2D eigenvalue weighted by molar-refractivity contribution is 0.0634. The van der Waals surface area contributed by atoms with Gasteiger partial charge in [0.15, 0.2) is 5.78 Å². The van der Waals surface area contributed by atoms with E-state index >= 15 is 0 Å². The average molecular weight is 298 g/mol. The summed E-state index contributed by atoms with van der Waals surface area (Å²) in [5.41, 5.74) is 0.730. The molecular weight excluding hydrogens is 282 g/mol. The highest BCUT2D eigenvalue weighted by Gasteiger charge is 2.20. The molecule has 0 aliphatic carbocycles. The fourth-order valence-corrected chi connectivity index (χ4v) is 2.37. The number of aliphatic hydroxyl groups is 1. The number of hydrogen-bond acceptors (Lipinski definition) is 3. The number of rotatable bonds is 3. The minimum absolute atomic E-state index is 0.117. The molecule has 0 unspecified atom stereocenters. The van der Waals surface area contributed by atoms with Crippen LogP contribution in [-0.2, 0) is 0 Å². The van der Waals surface area contributed by atoms with Crippen LogP contribution < -0.4 is 0 Å². The van der Waals surface area contributed by atoms with Gasteiger partial charge in [0.05, 0.1) is 12.6 Å². The number of nitrogens with zero attached hydrogens (tertiary/aromatic N) is 1. The third kappa shape index (κ3) is 3.63. The van der Waals surface area contributed by atoms with E-state index in [0.717, 1.165) is 29.4 Å². The van der Waals surface area contributed by atoms with Crippen molar-refractivity contribution in [3.05, 3.63) is 34.3 Å². The van der Waals surface area contributed by atoms with Crippen molar-refractivity contribution in [1.82, 2.24) is 4.90 Å². The van der Waals surface area contributed by atoms with Crippen molar-refractivity contribution in [3.8, 4) is 0 Å². The summed E-state index contributed by atoms with van der Waals surface area (Å²) in [6.07, 6.45) is 1.54. The maximum Gasteiger partial charge on any atom is 0.176 e. The van der Waals surface area contributed by atoms with Gasteiger partial charge in [-0.15, -0.1) is 0 Å². The number of ketones is 1. The summed E-state index contributed by atoms with van der Waals surface area (Å²) in [6.45, 7) is 1.92. The van der Waals surface area contributed by atoms with E-state index in [0.29, 0.717) is 13.1 Å². The molecule has 1 aromatic carbocycles. The first-order valence-corrected chi connectivity index (χ1v) is 6.63.